The summed E-state index contributed by atoms with van der Waals surface area (Å²) in [5, 5.41) is 11.5. The molecule has 20 heavy (non-hydrogen) atoms. The number of amides is 3. The molecular weight excluding hydrogens is 264 g/mol. The normalized spacial score (nSPS) is 30.4. The highest BCUT2D eigenvalue weighted by molar-refractivity contribution is 6.06. The van der Waals surface area contributed by atoms with Crippen molar-refractivity contribution in [2.75, 3.05) is 7.05 Å². The van der Waals surface area contributed by atoms with Crippen molar-refractivity contribution in [1.82, 2.24) is 10.2 Å². The molecule has 2 rings (SSSR count). The minimum Gasteiger partial charge on any atom is -0.481 e. The fraction of sp³-hybridized carbons (Fsp3) is 0.692. The Balaban J connectivity index is 1.86. The van der Waals surface area contributed by atoms with Crippen LogP contribution >= 0.6 is 0 Å². The van der Waals surface area contributed by atoms with Crippen LogP contribution in [0, 0.1) is 11.8 Å². The first-order valence-electron chi connectivity index (χ1n) is 6.73. The third kappa shape index (κ3) is 2.81. The highest BCUT2D eigenvalue weighted by Gasteiger charge is 2.38. The van der Waals surface area contributed by atoms with Crippen LogP contribution < -0.4 is 5.32 Å². The Bertz CT molecular complexity index is 454. The molecular formula is C13H18N2O5. The van der Waals surface area contributed by atoms with Crippen molar-refractivity contribution in [3.05, 3.63) is 0 Å². The van der Waals surface area contributed by atoms with Gasteiger partial charge in [-0.05, 0) is 25.7 Å². The van der Waals surface area contributed by atoms with Gasteiger partial charge in [-0.1, -0.05) is 0 Å². The Hall–Kier alpha value is -1.92. The maximum Gasteiger partial charge on any atom is 0.306 e. The van der Waals surface area contributed by atoms with Gasteiger partial charge in [0.1, 0.15) is 6.04 Å². The van der Waals surface area contributed by atoms with E-state index in [0.29, 0.717) is 25.7 Å². The molecule has 0 aromatic carbocycles. The number of imide groups is 1. The molecule has 0 aromatic heterocycles. The van der Waals surface area contributed by atoms with Gasteiger partial charge in [0.25, 0.3) is 5.91 Å². The third-order valence-electron chi connectivity index (χ3n) is 4.15. The zero-order valence-corrected chi connectivity index (χ0v) is 11.3. The lowest BCUT2D eigenvalue weighted by Gasteiger charge is -2.26. The number of rotatable bonds is 3. The van der Waals surface area contributed by atoms with Gasteiger partial charge in [0, 0.05) is 13.0 Å². The number of aliphatic carboxylic acids is 1. The summed E-state index contributed by atoms with van der Waals surface area (Å²) in [6.07, 6.45) is 1.97. The van der Waals surface area contributed by atoms with Crippen LogP contribution in [-0.2, 0) is 19.2 Å². The lowest BCUT2D eigenvalue weighted by atomic mass is 9.81. The van der Waals surface area contributed by atoms with Gasteiger partial charge in [0.05, 0.1) is 12.3 Å². The van der Waals surface area contributed by atoms with Crippen LogP contribution in [0.5, 0.6) is 0 Å². The number of carbonyl (C=O) groups excluding carboxylic acids is 3. The first kappa shape index (κ1) is 14.5. The Labute approximate surface area is 116 Å². The number of hydrogen-bond acceptors (Lipinski definition) is 4. The quantitative estimate of drug-likeness (QED) is 0.695. The molecule has 1 saturated carbocycles. The molecule has 1 saturated heterocycles. The number of hydrogen-bond donors (Lipinski definition) is 2. The molecule has 2 aliphatic rings. The number of likely N-dealkylation sites (tertiary alicyclic amines) is 1. The average molecular weight is 282 g/mol. The monoisotopic (exact) mass is 282 g/mol. The largest absolute Gasteiger partial charge is 0.481 e. The maximum atomic E-state index is 12.0. The van der Waals surface area contributed by atoms with Gasteiger partial charge in [-0.15, -0.1) is 0 Å². The molecule has 2 fully saturated rings. The van der Waals surface area contributed by atoms with E-state index in [9.17, 15) is 19.2 Å². The Morgan fingerprint density at radius 2 is 1.70 bits per heavy atom. The van der Waals surface area contributed by atoms with Gasteiger partial charge in [0.15, 0.2) is 0 Å². The SMILES string of the molecule is CN1C(=O)CC(NC(=O)C2CCC(C(=O)O)CC2)C1=O. The van der Waals surface area contributed by atoms with Crippen molar-refractivity contribution in [3.8, 4) is 0 Å². The summed E-state index contributed by atoms with van der Waals surface area (Å²) in [6.45, 7) is 0. The van der Waals surface area contributed by atoms with E-state index in [0.717, 1.165) is 4.90 Å². The zero-order valence-electron chi connectivity index (χ0n) is 11.3. The Morgan fingerprint density at radius 1 is 1.15 bits per heavy atom. The number of carbonyl (C=O) groups is 4. The second-order valence-corrected chi connectivity index (χ2v) is 5.44. The van der Waals surface area contributed by atoms with Crippen molar-refractivity contribution in [2.24, 2.45) is 11.8 Å². The lowest BCUT2D eigenvalue weighted by Crippen LogP contribution is -2.44. The molecule has 3 amide bonds. The topological polar surface area (TPSA) is 104 Å². The first-order chi connectivity index (χ1) is 9.40. The van der Waals surface area contributed by atoms with Crippen molar-refractivity contribution < 1.29 is 24.3 Å². The van der Waals surface area contributed by atoms with E-state index in [2.05, 4.69) is 5.32 Å². The van der Waals surface area contributed by atoms with Crippen LogP contribution in [0.4, 0.5) is 0 Å². The molecule has 1 heterocycles. The highest BCUT2D eigenvalue weighted by atomic mass is 16.4. The van der Waals surface area contributed by atoms with Crippen molar-refractivity contribution in [1.29, 1.82) is 0 Å². The Morgan fingerprint density at radius 3 is 2.15 bits per heavy atom. The smallest absolute Gasteiger partial charge is 0.306 e. The Kier molecular flexibility index (Phi) is 4.06. The van der Waals surface area contributed by atoms with E-state index < -0.39 is 12.0 Å². The van der Waals surface area contributed by atoms with E-state index in [-0.39, 0.29) is 36.0 Å². The molecule has 2 N–H and O–H groups in total. The molecule has 1 unspecified atom stereocenters. The van der Waals surface area contributed by atoms with Crippen LogP contribution in [0.3, 0.4) is 0 Å². The predicted molar refractivity (Wildman–Crippen MR) is 67.4 cm³/mol. The fourth-order valence-corrected chi connectivity index (χ4v) is 2.76. The molecule has 110 valence electrons. The molecule has 0 aromatic rings. The van der Waals surface area contributed by atoms with Crippen molar-refractivity contribution >= 4 is 23.7 Å². The summed E-state index contributed by atoms with van der Waals surface area (Å²) in [7, 11) is 1.40. The highest BCUT2D eigenvalue weighted by Crippen LogP contribution is 2.29. The minimum atomic E-state index is -0.818. The number of carboxylic acids is 1. The van der Waals surface area contributed by atoms with Crippen LogP contribution in [0.15, 0.2) is 0 Å². The minimum absolute atomic E-state index is 0.00550. The van der Waals surface area contributed by atoms with Gasteiger partial charge in [-0.3, -0.25) is 24.1 Å². The van der Waals surface area contributed by atoms with E-state index in [1.807, 2.05) is 0 Å². The van der Waals surface area contributed by atoms with Crippen LogP contribution in [0.2, 0.25) is 0 Å². The van der Waals surface area contributed by atoms with Gasteiger partial charge < -0.3 is 10.4 Å². The second kappa shape index (κ2) is 5.60. The average Bonchev–Trinajstić information content (AvgIpc) is 2.66. The molecule has 1 atom stereocenters. The van der Waals surface area contributed by atoms with Gasteiger partial charge in [-0.2, -0.15) is 0 Å². The van der Waals surface area contributed by atoms with E-state index in [4.69, 9.17) is 5.11 Å². The van der Waals surface area contributed by atoms with Gasteiger partial charge in [-0.25, -0.2) is 0 Å². The summed E-state index contributed by atoms with van der Waals surface area (Å²) in [4.78, 5) is 47.0. The van der Waals surface area contributed by atoms with E-state index in [1.54, 1.807) is 0 Å². The predicted octanol–water partition coefficient (Wildman–Crippen LogP) is -0.249. The summed E-state index contributed by atoms with van der Waals surface area (Å²) in [5.41, 5.74) is 0. The van der Waals surface area contributed by atoms with Crippen LogP contribution in [0.25, 0.3) is 0 Å². The maximum absolute atomic E-state index is 12.0. The van der Waals surface area contributed by atoms with Gasteiger partial charge >= 0.3 is 5.97 Å². The molecule has 7 heteroatoms. The summed E-state index contributed by atoms with van der Waals surface area (Å²) in [5.74, 6) is -2.39. The second-order valence-electron chi connectivity index (χ2n) is 5.44. The molecule has 0 bridgehead atoms. The lowest BCUT2D eigenvalue weighted by molar-refractivity contribution is -0.144. The standard InChI is InChI=1S/C13H18N2O5/c1-15-10(16)6-9(12(15)18)14-11(17)7-2-4-8(5-3-7)13(19)20/h7-9H,2-6H2,1H3,(H,14,17)(H,19,20). The molecule has 0 radical (unpaired) electrons. The van der Waals surface area contributed by atoms with Crippen LogP contribution in [0.1, 0.15) is 32.1 Å². The third-order valence-corrected chi connectivity index (χ3v) is 4.15. The van der Waals surface area contributed by atoms with Crippen LogP contribution in [-0.4, -0.2) is 46.8 Å². The first-order valence-corrected chi connectivity index (χ1v) is 6.73. The van der Waals surface area contributed by atoms with Crippen molar-refractivity contribution in [2.45, 2.75) is 38.1 Å². The molecule has 7 nitrogen and oxygen atoms in total. The van der Waals surface area contributed by atoms with Crippen molar-refractivity contribution in [3.63, 3.8) is 0 Å². The summed E-state index contributed by atoms with van der Waals surface area (Å²) in [6, 6.07) is -0.766. The molecule has 1 aliphatic carbocycles. The van der Waals surface area contributed by atoms with Gasteiger partial charge in [0.2, 0.25) is 11.8 Å². The summed E-state index contributed by atoms with van der Waals surface area (Å²) >= 11 is 0. The number of nitrogens with zero attached hydrogens (tertiary/aromatic N) is 1. The zero-order chi connectivity index (χ0) is 14.9. The fourth-order valence-electron chi connectivity index (χ4n) is 2.76. The number of likely N-dealkylation sites (N-methyl/N-ethyl adjacent to an activating group) is 1. The van der Waals surface area contributed by atoms with E-state index in [1.165, 1.54) is 7.05 Å². The van der Waals surface area contributed by atoms with E-state index >= 15 is 0 Å². The summed E-state index contributed by atoms with van der Waals surface area (Å²) < 4.78 is 0. The molecule has 1 aliphatic heterocycles. The number of nitrogens with one attached hydrogen (secondary N) is 1. The molecule has 0 spiro atoms. The number of carboxylic acid groups (broad SMARTS) is 1.